The van der Waals surface area contributed by atoms with Crippen LogP contribution in [0.15, 0.2) is 42.5 Å². The molecule has 1 N–H and O–H groups in total. The first kappa shape index (κ1) is 14.4. The summed E-state index contributed by atoms with van der Waals surface area (Å²) in [6.45, 7) is 0.0972. The van der Waals surface area contributed by atoms with E-state index in [9.17, 15) is 24.6 Å². The van der Waals surface area contributed by atoms with Gasteiger partial charge in [0.1, 0.15) is 0 Å². The molecule has 0 heterocycles. The highest BCUT2D eigenvalue weighted by Gasteiger charge is 2.15. The van der Waals surface area contributed by atoms with Gasteiger partial charge in [0.15, 0.2) is 0 Å². The first-order valence-corrected chi connectivity index (χ1v) is 5.89. The summed E-state index contributed by atoms with van der Waals surface area (Å²) in [6.07, 6.45) is 0. The Kier molecular flexibility index (Phi) is 4.07. The molecular weight excluding hydrogens is 281 g/mol. The van der Waals surface area contributed by atoms with Crippen molar-refractivity contribution in [1.82, 2.24) is 0 Å². The Hall–Kier alpha value is -3.03. The van der Waals surface area contributed by atoms with Gasteiger partial charge in [0, 0.05) is 29.9 Å². The highest BCUT2D eigenvalue weighted by Crippen LogP contribution is 2.23. The average Bonchev–Trinajstić information content (AvgIpc) is 2.46. The Labute approximate surface area is 118 Å². The lowest BCUT2D eigenvalue weighted by molar-refractivity contribution is -0.387. The minimum absolute atomic E-state index is 0.0541. The largest absolute Gasteiger partial charge is 0.380 e. The number of nitro groups is 2. The van der Waals surface area contributed by atoms with Crippen molar-refractivity contribution < 1.29 is 14.2 Å². The van der Waals surface area contributed by atoms with E-state index in [-0.39, 0.29) is 12.2 Å². The number of hydrogen-bond donors (Lipinski definition) is 1. The van der Waals surface area contributed by atoms with Gasteiger partial charge < -0.3 is 5.32 Å². The molecule has 0 fully saturated rings. The summed E-state index contributed by atoms with van der Waals surface area (Å²) in [5, 5.41) is 24.3. The molecule has 0 saturated heterocycles. The molecule has 2 aromatic rings. The number of nitrogens with zero attached hydrogens (tertiary/aromatic N) is 2. The van der Waals surface area contributed by atoms with Crippen molar-refractivity contribution in [3.8, 4) is 0 Å². The van der Waals surface area contributed by atoms with Gasteiger partial charge in [-0.25, -0.2) is 0 Å². The molecule has 0 aliphatic heterocycles. The monoisotopic (exact) mass is 291 g/mol. The Morgan fingerprint density at radius 1 is 1.00 bits per heavy atom. The molecule has 108 valence electrons. The molecule has 0 radical (unpaired) electrons. The van der Waals surface area contributed by atoms with Crippen molar-refractivity contribution >= 4 is 17.1 Å². The molecule has 0 saturated carbocycles. The van der Waals surface area contributed by atoms with Gasteiger partial charge >= 0.3 is 5.69 Å². The summed E-state index contributed by atoms with van der Waals surface area (Å²) in [5.41, 5.74) is 0.0277. The van der Waals surface area contributed by atoms with Crippen LogP contribution in [0.1, 0.15) is 5.56 Å². The summed E-state index contributed by atoms with van der Waals surface area (Å²) in [7, 11) is 0. The molecule has 0 amide bonds. The van der Waals surface area contributed by atoms with E-state index in [0.717, 1.165) is 12.1 Å². The number of para-hydroxylation sites is 1. The maximum atomic E-state index is 13.2. The molecule has 0 unspecified atom stereocenters. The third kappa shape index (κ3) is 3.30. The van der Waals surface area contributed by atoms with Crippen LogP contribution in [-0.4, -0.2) is 9.85 Å². The summed E-state index contributed by atoms with van der Waals surface area (Å²) in [5.74, 6) is -0.934. The van der Waals surface area contributed by atoms with E-state index in [0.29, 0.717) is 11.3 Å². The van der Waals surface area contributed by atoms with Gasteiger partial charge in [0.25, 0.3) is 5.69 Å². The number of hydrogen-bond acceptors (Lipinski definition) is 5. The van der Waals surface area contributed by atoms with Crippen molar-refractivity contribution in [3.05, 3.63) is 74.1 Å². The second-order valence-corrected chi connectivity index (χ2v) is 4.16. The predicted octanol–water partition coefficient (Wildman–Crippen LogP) is 3.25. The number of nitro benzene ring substituents is 2. The summed E-state index contributed by atoms with van der Waals surface area (Å²) in [4.78, 5) is 20.2. The van der Waals surface area contributed by atoms with Crippen molar-refractivity contribution in [1.29, 1.82) is 0 Å². The number of nitrogens with one attached hydrogen (secondary N) is 1. The quantitative estimate of drug-likeness (QED) is 0.673. The molecule has 0 aromatic heterocycles. The molecule has 0 aliphatic rings. The summed E-state index contributed by atoms with van der Waals surface area (Å²) < 4.78 is 13.2. The van der Waals surface area contributed by atoms with Crippen LogP contribution in [0, 0.1) is 26.0 Å². The number of halogens is 1. The van der Waals surface area contributed by atoms with Crippen LogP contribution >= 0.6 is 0 Å². The second kappa shape index (κ2) is 5.95. The zero-order valence-electron chi connectivity index (χ0n) is 10.7. The SMILES string of the molecule is O=[N+]([O-])c1cc(NCc2ccccc2[N+](=O)[O-])ccc1F. The fraction of sp³-hybridized carbons (Fsp3) is 0.0769. The lowest BCUT2D eigenvalue weighted by Gasteiger charge is -2.07. The van der Waals surface area contributed by atoms with E-state index in [2.05, 4.69) is 5.32 Å². The molecule has 7 nitrogen and oxygen atoms in total. The van der Waals surface area contributed by atoms with Crippen LogP contribution in [0.3, 0.4) is 0 Å². The van der Waals surface area contributed by atoms with Crippen LogP contribution in [0.2, 0.25) is 0 Å². The zero-order chi connectivity index (χ0) is 15.4. The van der Waals surface area contributed by atoms with E-state index in [4.69, 9.17) is 0 Å². The van der Waals surface area contributed by atoms with Crippen LogP contribution in [0.5, 0.6) is 0 Å². The summed E-state index contributed by atoms with van der Waals surface area (Å²) >= 11 is 0. The van der Waals surface area contributed by atoms with Gasteiger partial charge in [-0.1, -0.05) is 18.2 Å². The van der Waals surface area contributed by atoms with Crippen LogP contribution in [0.25, 0.3) is 0 Å². The minimum atomic E-state index is -0.934. The third-order valence-corrected chi connectivity index (χ3v) is 2.81. The number of benzene rings is 2. The normalized spacial score (nSPS) is 10.1. The predicted molar refractivity (Wildman–Crippen MR) is 73.5 cm³/mol. The van der Waals surface area contributed by atoms with Crippen molar-refractivity contribution in [2.45, 2.75) is 6.54 Å². The smallest absolute Gasteiger partial charge is 0.306 e. The maximum absolute atomic E-state index is 13.2. The van der Waals surface area contributed by atoms with E-state index < -0.39 is 21.4 Å². The Morgan fingerprint density at radius 3 is 2.33 bits per heavy atom. The van der Waals surface area contributed by atoms with E-state index in [1.165, 1.54) is 12.1 Å². The van der Waals surface area contributed by atoms with Crippen molar-refractivity contribution in [2.75, 3.05) is 5.32 Å². The van der Waals surface area contributed by atoms with Gasteiger partial charge in [-0.2, -0.15) is 4.39 Å². The van der Waals surface area contributed by atoms with Crippen LogP contribution in [0.4, 0.5) is 21.5 Å². The maximum Gasteiger partial charge on any atom is 0.306 e. The highest BCUT2D eigenvalue weighted by atomic mass is 19.1. The number of rotatable bonds is 5. The molecule has 0 aliphatic carbocycles. The first-order valence-electron chi connectivity index (χ1n) is 5.89. The van der Waals surface area contributed by atoms with Gasteiger partial charge in [0.2, 0.25) is 5.82 Å². The van der Waals surface area contributed by atoms with Crippen LogP contribution in [-0.2, 0) is 6.54 Å². The standard InChI is InChI=1S/C13H10FN3O4/c14-11-6-5-10(7-13(11)17(20)21)15-8-9-3-1-2-4-12(9)16(18)19/h1-7,15H,8H2. The van der Waals surface area contributed by atoms with E-state index >= 15 is 0 Å². The molecule has 0 bridgehead atoms. The molecule has 2 aromatic carbocycles. The fourth-order valence-electron chi connectivity index (χ4n) is 1.80. The lowest BCUT2D eigenvalue weighted by Crippen LogP contribution is -2.03. The minimum Gasteiger partial charge on any atom is -0.380 e. The van der Waals surface area contributed by atoms with Gasteiger partial charge in [0.05, 0.1) is 9.85 Å². The Bertz CT molecular complexity index is 706. The summed E-state index contributed by atoms with van der Waals surface area (Å²) in [6, 6.07) is 9.48. The Balaban J connectivity index is 2.19. The Morgan fingerprint density at radius 2 is 1.67 bits per heavy atom. The second-order valence-electron chi connectivity index (χ2n) is 4.16. The first-order chi connectivity index (χ1) is 9.99. The molecule has 21 heavy (non-hydrogen) atoms. The fourth-order valence-corrected chi connectivity index (χ4v) is 1.80. The molecule has 0 spiro atoms. The number of anilines is 1. The molecule has 2 rings (SSSR count). The molecule has 0 atom stereocenters. The van der Waals surface area contributed by atoms with Crippen molar-refractivity contribution in [2.24, 2.45) is 0 Å². The topological polar surface area (TPSA) is 98.3 Å². The van der Waals surface area contributed by atoms with E-state index in [1.807, 2.05) is 0 Å². The third-order valence-electron chi connectivity index (χ3n) is 2.81. The lowest BCUT2D eigenvalue weighted by atomic mass is 10.1. The zero-order valence-corrected chi connectivity index (χ0v) is 10.7. The van der Waals surface area contributed by atoms with Crippen molar-refractivity contribution in [3.63, 3.8) is 0 Å². The van der Waals surface area contributed by atoms with Gasteiger partial charge in [-0.15, -0.1) is 0 Å². The molecular formula is C13H10FN3O4. The van der Waals surface area contributed by atoms with Gasteiger partial charge in [-0.05, 0) is 12.1 Å². The van der Waals surface area contributed by atoms with Crippen LogP contribution < -0.4 is 5.32 Å². The van der Waals surface area contributed by atoms with E-state index in [1.54, 1.807) is 18.2 Å². The molecule has 8 heteroatoms. The average molecular weight is 291 g/mol. The van der Waals surface area contributed by atoms with Gasteiger partial charge in [-0.3, -0.25) is 20.2 Å². The highest BCUT2D eigenvalue weighted by molar-refractivity contribution is 5.53.